The van der Waals surface area contributed by atoms with Gasteiger partial charge in [-0.2, -0.15) is 4.72 Å². The summed E-state index contributed by atoms with van der Waals surface area (Å²) in [6.07, 6.45) is 3.17. The Morgan fingerprint density at radius 2 is 1.55 bits per heavy atom. The molecule has 1 heterocycles. The van der Waals surface area contributed by atoms with Crippen LogP contribution in [-0.2, 0) is 19.6 Å². The van der Waals surface area contributed by atoms with E-state index in [1.54, 1.807) is 19.2 Å². The van der Waals surface area contributed by atoms with Gasteiger partial charge in [-0.1, -0.05) is 98.1 Å². The summed E-state index contributed by atoms with van der Waals surface area (Å²) < 4.78 is 29.0. The maximum atomic E-state index is 13.9. The van der Waals surface area contributed by atoms with Gasteiger partial charge in [0.15, 0.2) is 0 Å². The van der Waals surface area contributed by atoms with E-state index in [0.717, 1.165) is 28.5 Å². The molecule has 3 aromatic rings. The Hall–Kier alpha value is -4.08. The van der Waals surface area contributed by atoms with Crippen molar-refractivity contribution in [1.82, 2.24) is 10.0 Å². The topological polar surface area (TPSA) is 108 Å². The van der Waals surface area contributed by atoms with E-state index in [-0.39, 0.29) is 0 Å². The number of para-hydroxylation sites is 1. The van der Waals surface area contributed by atoms with E-state index in [2.05, 4.69) is 10.0 Å². The number of aliphatic imine (C=N–C) groups is 1. The fourth-order valence-corrected chi connectivity index (χ4v) is 6.52. The van der Waals surface area contributed by atoms with Crippen molar-refractivity contribution in [2.75, 3.05) is 11.9 Å². The van der Waals surface area contributed by atoms with E-state index in [0.29, 0.717) is 37.1 Å². The molecular formula is C31H32N4O4S. The minimum atomic E-state index is -3.98. The lowest BCUT2D eigenvalue weighted by molar-refractivity contribution is -0.132. The number of benzodiazepines with no additional fused rings is 1. The number of carbonyl (C=O) groups is 2. The molecule has 40 heavy (non-hydrogen) atoms. The van der Waals surface area contributed by atoms with Crippen molar-refractivity contribution in [2.45, 2.75) is 43.8 Å². The molecule has 2 amide bonds. The average molecular weight is 557 g/mol. The summed E-state index contributed by atoms with van der Waals surface area (Å²) >= 11 is 0. The lowest BCUT2D eigenvalue weighted by Gasteiger charge is -2.36. The second kappa shape index (κ2) is 11.6. The molecule has 2 N–H and O–H groups in total. The van der Waals surface area contributed by atoms with Crippen molar-refractivity contribution >= 4 is 39.3 Å². The lowest BCUT2D eigenvalue weighted by atomic mass is 9.82. The second-order valence-corrected chi connectivity index (χ2v) is 11.7. The van der Waals surface area contributed by atoms with Crippen LogP contribution in [0.4, 0.5) is 5.69 Å². The number of hydrogen-bond donors (Lipinski definition) is 2. The SMILES string of the molecule is CN1C(=O)C(NC(=O)C2(NS(=O)(=O)/C=C/c3ccccc3)CCCCC2)N=C(c2ccccc2)c2ccccc21. The molecule has 0 bridgehead atoms. The van der Waals surface area contributed by atoms with E-state index in [1.807, 2.05) is 72.8 Å². The average Bonchev–Trinajstić information content (AvgIpc) is 3.08. The van der Waals surface area contributed by atoms with Crippen molar-refractivity contribution in [3.8, 4) is 0 Å². The Bertz CT molecular complexity index is 1550. The highest BCUT2D eigenvalue weighted by Gasteiger charge is 2.44. The zero-order valence-electron chi connectivity index (χ0n) is 22.3. The molecule has 9 heteroatoms. The summed E-state index contributed by atoms with van der Waals surface area (Å²) in [5, 5.41) is 3.89. The zero-order valence-corrected chi connectivity index (χ0v) is 23.1. The predicted molar refractivity (Wildman–Crippen MR) is 157 cm³/mol. The number of likely N-dealkylation sites (N-methyl/N-ethyl adjacent to an activating group) is 1. The first kappa shape index (κ1) is 27.5. The van der Waals surface area contributed by atoms with E-state index in [9.17, 15) is 18.0 Å². The number of fused-ring (bicyclic) bond motifs is 1. The number of nitrogens with one attached hydrogen (secondary N) is 2. The summed E-state index contributed by atoms with van der Waals surface area (Å²) in [6.45, 7) is 0. The molecular weight excluding hydrogens is 524 g/mol. The lowest BCUT2D eigenvalue weighted by Crippen LogP contribution is -2.62. The third-order valence-corrected chi connectivity index (χ3v) is 8.55. The molecule has 0 radical (unpaired) electrons. The molecule has 1 fully saturated rings. The Kier molecular flexibility index (Phi) is 7.95. The third-order valence-electron chi connectivity index (χ3n) is 7.38. The molecule has 1 unspecified atom stereocenters. The molecule has 1 saturated carbocycles. The van der Waals surface area contributed by atoms with Gasteiger partial charge in [-0.05, 0) is 30.5 Å². The Balaban J connectivity index is 1.47. The van der Waals surface area contributed by atoms with Crippen LogP contribution in [0.3, 0.4) is 0 Å². The molecule has 5 rings (SSSR count). The van der Waals surface area contributed by atoms with E-state index in [4.69, 9.17) is 4.99 Å². The Morgan fingerprint density at radius 3 is 2.25 bits per heavy atom. The van der Waals surface area contributed by atoms with Crippen LogP contribution >= 0.6 is 0 Å². The standard InChI is InChI=1S/C31H32N4O4S/c1-35-26-18-10-9-17-25(26)27(24-15-7-3-8-16-24)32-28(29(35)36)33-30(37)31(20-11-4-12-21-31)34-40(38,39)22-19-23-13-5-2-6-14-23/h2-3,5-10,13-19,22,28,34H,4,11-12,20-21H2,1H3,(H,33,37)/b22-19+. The second-order valence-electron chi connectivity index (χ2n) is 10.1. The number of carbonyl (C=O) groups excluding carboxylic acids is 2. The van der Waals surface area contributed by atoms with Gasteiger partial charge in [0.2, 0.25) is 22.1 Å². The molecule has 1 atom stereocenters. The fourth-order valence-electron chi connectivity index (χ4n) is 5.27. The number of nitrogens with zero attached hydrogens (tertiary/aromatic N) is 2. The smallest absolute Gasteiger partial charge is 0.272 e. The van der Waals surface area contributed by atoms with Crippen LogP contribution in [0, 0.1) is 0 Å². The van der Waals surface area contributed by atoms with E-state index < -0.39 is 33.5 Å². The highest BCUT2D eigenvalue weighted by Crippen LogP contribution is 2.31. The number of amides is 2. The number of anilines is 1. The van der Waals surface area contributed by atoms with Crippen LogP contribution in [0.1, 0.15) is 48.8 Å². The summed E-state index contributed by atoms with van der Waals surface area (Å²) in [7, 11) is -2.33. The van der Waals surface area contributed by atoms with Gasteiger partial charge in [0.05, 0.1) is 11.4 Å². The Labute approximate surface area is 234 Å². The molecule has 1 aliphatic heterocycles. The van der Waals surface area contributed by atoms with E-state index >= 15 is 0 Å². The number of hydrogen-bond acceptors (Lipinski definition) is 5. The monoisotopic (exact) mass is 556 g/mol. The molecule has 8 nitrogen and oxygen atoms in total. The first-order chi connectivity index (χ1) is 19.3. The molecule has 3 aromatic carbocycles. The highest BCUT2D eigenvalue weighted by molar-refractivity contribution is 7.92. The molecule has 0 saturated heterocycles. The first-order valence-corrected chi connectivity index (χ1v) is 14.9. The van der Waals surface area contributed by atoms with Gasteiger partial charge in [0.1, 0.15) is 5.54 Å². The predicted octanol–water partition coefficient (Wildman–Crippen LogP) is 4.24. The van der Waals surface area contributed by atoms with Gasteiger partial charge in [0, 0.05) is 23.6 Å². The van der Waals surface area contributed by atoms with Crippen molar-refractivity contribution in [1.29, 1.82) is 0 Å². The van der Waals surface area contributed by atoms with Gasteiger partial charge >= 0.3 is 0 Å². The van der Waals surface area contributed by atoms with Crippen LogP contribution in [0.5, 0.6) is 0 Å². The van der Waals surface area contributed by atoms with Crippen LogP contribution in [0.15, 0.2) is 95.3 Å². The molecule has 0 aromatic heterocycles. The van der Waals surface area contributed by atoms with Crippen molar-refractivity contribution in [3.63, 3.8) is 0 Å². The van der Waals surface area contributed by atoms with E-state index in [1.165, 1.54) is 11.0 Å². The minimum Gasteiger partial charge on any atom is -0.325 e. The normalized spacial score (nSPS) is 19.0. The van der Waals surface area contributed by atoms with Crippen molar-refractivity contribution in [3.05, 3.63) is 107 Å². The zero-order chi connectivity index (χ0) is 28.2. The molecule has 0 spiro atoms. The highest BCUT2D eigenvalue weighted by atomic mass is 32.2. The molecule has 2 aliphatic rings. The van der Waals surface area contributed by atoms with Gasteiger partial charge in [-0.25, -0.2) is 13.4 Å². The largest absolute Gasteiger partial charge is 0.325 e. The summed E-state index contributed by atoms with van der Waals surface area (Å²) in [5.41, 5.74) is 2.15. The Morgan fingerprint density at radius 1 is 0.925 bits per heavy atom. The van der Waals surface area contributed by atoms with Crippen LogP contribution in [0.2, 0.25) is 0 Å². The molecule has 206 valence electrons. The summed E-state index contributed by atoms with van der Waals surface area (Å²) in [4.78, 5) is 33.8. The fraction of sp³-hybridized carbons (Fsp3) is 0.258. The number of sulfonamides is 1. The first-order valence-electron chi connectivity index (χ1n) is 13.4. The van der Waals surface area contributed by atoms with Gasteiger partial charge < -0.3 is 10.2 Å². The number of benzene rings is 3. The van der Waals surface area contributed by atoms with Gasteiger partial charge in [0.25, 0.3) is 5.91 Å². The van der Waals surface area contributed by atoms with Gasteiger partial charge in [-0.15, -0.1) is 0 Å². The van der Waals surface area contributed by atoms with Crippen LogP contribution < -0.4 is 14.9 Å². The minimum absolute atomic E-state index is 0.323. The van der Waals surface area contributed by atoms with Crippen molar-refractivity contribution < 1.29 is 18.0 Å². The summed E-state index contributed by atoms with van der Waals surface area (Å²) in [6, 6.07) is 26.0. The third kappa shape index (κ3) is 5.90. The summed E-state index contributed by atoms with van der Waals surface area (Å²) in [5.74, 6) is -0.970. The quantitative estimate of drug-likeness (QED) is 0.454. The maximum Gasteiger partial charge on any atom is 0.272 e. The van der Waals surface area contributed by atoms with Crippen LogP contribution in [0.25, 0.3) is 6.08 Å². The van der Waals surface area contributed by atoms with Gasteiger partial charge in [-0.3, -0.25) is 9.59 Å². The number of rotatable bonds is 7. The van der Waals surface area contributed by atoms with Crippen LogP contribution in [-0.4, -0.2) is 44.7 Å². The molecule has 1 aliphatic carbocycles. The van der Waals surface area contributed by atoms with Crippen molar-refractivity contribution in [2.24, 2.45) is 4.99 Å². The maximum absolute atomic E-state index is 13.9.